The number of pyridine rings is 2. The first-order valence-corrected chi connectivity index (χ1v) is 7.53. The highest BCUT2D eigenvalue weighted by Gasteiger charge is 2.21. The van der Waals surface area contributed by atoms with E-state index >= 15 is 0 Å². The summed E-state index contributed by atoms with van der Waals surface area (Å²) in [5.41, 5.74) is 2.87. The zero-order valence-electron chi connectivity index (χ0n) is 12.7. The van der Waals surface area contributed by atoms with Crippen molar-refractivity contribution in [1.82, 2.24) is 19.5 Å². The number of hydrogen-bond acceptors (Lipinski definition) is 5. The Labute approximate surface area is 138 Å². The molecule has 7 heteroatoms. The molecule has 0 aromatic carbocycles. The molecule has 2 aliphatic heterocycles. The smallest absolute Gasteiger partial charge is 0.418 e. The van der Waals surface area contributed by atoms with Gasteiger partial charge in [-0.1, -0.05) is 25.4 Å². The fraction of sp³-hybridized carbons (Fsp3) is 0.250. The monoisotopic (exact) mass is 330 g/mol. The molecule has 1 aromatic rings. The highest BCUT2D eigenvalue weighted by molar-refractivity contribution is 6.30. The van der Waals surface area contributed by atoms with E-state index in [2.05, 4.69) is 15.0 Å². The summed E-state index contributed by atoms with van der Waals surface area (Å²) >= 11 is 5.78. The van der Waals surface area contributed by atoms with Crippen LogP contribution in [0.4, 0.5) is 4.79 Å². The van der Waals surface area contributed by atoms with E-state index in [0.29, 0.717) is 16.4 Å². The normalized spacial score (nSPS) is 11.1. The Kier molecular flexibility index (Phi) is 4.25. The van der Waals surface area contributed by atoms with Crippen LogP contribution in [0.2, 0.25) is 5.02 Å². The Balaban J connectivity index is 1.84. The Morgan fingerprint density at radius 3 is 2.78 bits per heavy atom. The number of ether oxygens (including phenoxy) is 1. The second-order valence-corrected chi connectivity index (χ2v) is 5.79. The molecule has 0 fully saturated rings. The third-order valence-electron chi connectivity index (χ3n) is 3.39. The maximum Gasteiger partial charge on any atom is 0.418 e. The molecule has 0 amide bonds. The van der Waals surface area contributed by atoms with E-state index in [1.54, 1.807) is 24.4 Å². The second kappa shape index (κ2) is 6.34. The lowest BCUT2D eigenvalue weighted by Crippen LogP contribution is -2.20. The zero-order chi connectivity index (χ0) is 16.4. The molecule has 0 saturated carbocycles. The van der Waals surface area contributed by atoms with Gasteiger partial charge in [-0.05, 0) is 24.1 Å². The van der Waals surface area contributed by atoms with Crippen LogP contribution in [-0.4, -0.2) is 25.6 Å². The van der Waals surface area contributed by atoms with Crippen LogP contribution in [0.1, 0.15) is 31.2 Å². The van der Waals surface area contributed by atoms with Gasteiger partial charge in [0.15, 0.2) is 0 Å². The van der Waals surface area contributed by atoms with Gasteiger partial charge in [0.1, 0.15) is 18.6 Å². The zero-order valence-corrected chi connectivity index (χ0v) is 13.5. The van der Waals surface area contributed by atoms with Crippen LogP contribution in [0, 0.1) is 0 Å². The van der Waals surface area contributed by atoms with Crippen molar-refractivity contribution in [3.63, 3.8) is 0 Å². The average Bonchev–Trinajstić information content (AvgIpc) is 3.01. The predicted octanol–water partition coefficient (Wildman–Crippen LogP) is 3.74. The average molecular weight is 331 g/mol. The van der Waals surface area contributed by atoms with Gasteiger partial charge >= 0.3 is 6.09 Å². The predicted molar refractivity (Wildman–Crippen MR) is 85.6 cm³/mol. The number of carbonyl (C=O) groups is 1. The minimum atomic E-state index is -0.477. The van der Waals surface area contributed by atoms with Gasteiger partial charge in [0.05, 0.1) is 22.1 Å². The van der Waals surface area contributed by atoms with Gasteiger partial charge in [-0.3, -0.25) is 9.55 Å². The van der Waals surface area contributed by atoms with Crippen molar-refractivity contribution in [2.24, 2.45) is 0 Å². The summed E-state index contributed by atoms with van der Waals surface area (Å²) in [7, 11) is 0. The van der Waals surface area contributed by atoms with E-state index in [-0.39, 0.29) is 12.5 Å². The van der Waals surface area contributed by atoms with Crippen LogP contribution >= 0.6 is 11.6 Å². The molecule has 0 saturated heterocycles. The molecule has 0 aliphatic carbocycles. The molecule has 0 unspecified atom stereocenters. The summed E-state index contributed by atoms with van der Waals surface area (Å²) in [5.74, 6) is 0.0941. The maximum absolute atomic E-state index is 12.4. The summed E-state index contributed by atoms with van der Waals surface area (Å²) in [5, 5.41) is 0.539. The molecular formula is C16H15ClN4O2. The number of halogens is 1. The lowest BCUT2D eigenvalue weighted by Gasteiger charge is -2.17. The number of fused-ring (bicyclic) bond motifs is 1. The van der Waals surface area contributed by atoms with Gasteiger partial charge in [-0.2, -0.15) is 0 Å². The van der Waals surface area contributed by atoms with Crippen molar-refractivity contribution in [3.05, 3.63) is 53.3 Å². The quantitative estimate of drug-likeness (QED) is 0.731. The molecule has 0 spiro atoms. The van der Waals surface area contributed by atoms with Gasteiger partial charge in [0.2, 0.25) is 0 Å². The number of nitrogens with zero attached hydrogens (tertiary/aromatic N) is 4. The van der Waals surface area contributed by atoms with Crippen LogP contribution in [0.25, 0.3) is 11.4 Å². The molecule has 3 heterocycles. The maximum atomic E-state index is 12.4. The Hall–Kier alpha value is -2.47. The molecule has 0 atom stereocenters. The highest BCUT2D eigenvalue weighted by atomic mass is 35.5. The Bertz CT molecular complexity index is 798. The van der Waals surface area contributed by atoms with Gasteiger partial charge in [0, 0.05) is 12.4 Å². The van der Waals surface area contributed by atoms with Crippen molar-refractivity contribution in [1.29, 1.82) is 0 Å². The van der Waals surface area contributed by atoms with E-state index in [1.165, 1.54) is 17.1 Å². The summed E-state index contributed by atoms with van der Waals surface area (Å²) in [6, 6.07) is 5.17. The number of aromatic nitrogens is 4. The molecule has 1 aromatic heterocycles. The molecule has 0 N–H and O–H groups in total. The summed E-state index contributed by atoms with van der Waals surface area (Å²) < 4.78 is 6.81. The van der Waals surface area contributed by atoms with Gasteiger partial charge in [0.25, 0.3) is 0 Å². The van der Waals surface area contributed by atoms with Gasteiger partial charge < -0.3 is 4.74 Å². The fourth-order valence-corrected chi connectivity index (χ4v) is 2.45. The van der Waals surface area contributed by atoms with Crippen LogP contribution in [0.3, 0.4) is 0 Å². The van der Waals surface area contributed by atoms with E-state index in [0.717, 1.165) is 11.4 Å². The van der Waals surface area contributed by atoms with Gasteiger partial charge in [-0.15, -0.1) is 0 Å². The Morgan fingerprint density at radius 1 is 1.26 bits per heavy atom. The summed E-state index contributed by atoms with van der Waals surface area (Å²) in [6.45, 7) is 4.06. The van der Waals surface area contributed by atoms with E-state index in [9.17, 15) is 4.79 Å². The first-order valence-electron chi connectivity index (χ1n) is 7.16. The highest BCUT2D eigenvalue weighted by Crippen LogP contribution is 2.28. The molecule has 3 rings (SSSR count). The van der Waals surface area contributed by atoms with E-state index < -0.39 is 6.09 Å². The summed E-state index contributed by atoms with van der Waals surface area (Å²) in [6.07, 6.45) is 4.19. The summed E-state index contributed by atoms with van der Waals surface area (Å²) in [4.78, 5) is 24.9. The van der Waals surface area contributed by atoms with E-state index in [1.807, 2.05) is 13.8 Å². The van der Waals surface area contributed by atoms with Gasteiger partial charge in [-0.25, -0.2) is 14.8 Å². The fourth-order valence-electron chi connectivity index (χ4n) is 2.34. The van der Waals surface area contributed by atoms with E-state index in [4.69, 9.17) is 16.3 Å². The standard InChI is InChI=1S/C16H15ClN4O2/c1-10(2)15-14-13(19-9-20-14)5-6-21(15)16(22)23-8-12-4-3-11(17)7-18-12/h3-7,9-10H,8H2,1-2H3. The lowest BCUT2D eigenvalue weighted by molar-refractivity contribution is 0.138. The number of hydrogen-bond donors (Lipinski definition) is 0. The third-order valence-corrected chi connectivity index (χ3v) is 3.61. The topological polar surface area (TPSA) is 69.9 Å². The van der Waals surface area contributed by atoms with Crippen LogP contribution in [0.15, 0.2) is 36.9 Å². The SMILES string of the molecule is CC(C)c1c2ncnc-2ccn1C(=O)OCc1ccc(Cl)cn1. The number of imidazole rings is 1. The molecule has 0 bridgehead atoms. The Morgan fingerprint density at radius 2 is 2.09 bits per heavy atom. The van der Waals surface area contributed by atoms with Crippen molar-refractivity contribution in [3.8, 4) is 11.4 Å². The van der Waals surface area contributed by atoms with Crippen molar-refractivity contribution in [2.75, 3.05) is 0 Å². The molecule has 2 aliphatic rings. The van der Waals surface area contributed by atoms with Crippen LogP contribution in [-0.2, 0) is 11.3 Å². The first-order chi connectivity index (χ1) is 11.1. The van der Waals surface area contributed by atoms with Crippen molar-refractivity contribution >= 4 is 17.7 Å². The molecule has 118 valence electrons. The third kappa shape index (κ3) is 3.17. The second-order valence-electron chi connectivity index (χ2n) is 5.36. The largest absolute Gasteiger partial charge is 0.442 e. The number of rotatable bonds is 3. The molecule has 6 nitrogen and oxygen atoms in total. The molecule has 23 heavy (non-hydrogen) atoms. The minimum Gasteiger partial charge on any atom is -0.442 e. The first kappa shape index (κ1) is 15.4. The van der Waals surface area contributed by atoms with Crippen LogP contribution in [0.5, 0.6) is 0 Å². The molecule has 0 radical (unpaired) electrons. The van der Waals surface area contributed by atoms with Crippen molar-refractivity contribution < 1.29 is 9.53 Å². The number of carbonyl (C=O) groups excluding carboxylic acids is 1. The van der Waals surface area contributed by atoms with Crippen molar-refractivity contribution in [2.45, 2.75) is 26.4 Å². The minimum absolute atomic E-state index is 0.0747. The molecular weight excluding hydrogens is 316 g/mol. The lowest BCUT2D eigenvalue weighted by atomic mass is 10.0. The van der Waals surface area contributed by atoms with Crippen LogP contribution < -0.4 is 0 Å².